The molecular weight excluding hydrogens is 238 g/mol. The molecule has 0 aliphatic heterocycles. The Labute approximate surface area is 104 Å². The molecule has 0 spiro atoms. The number of nitrogens with two attached hydrogens (primary N) is 1. The van der Waals surface area contributed by atoms with Crippen LogP contribution in [-0.4, -0.2) is 27.1 Å². The number of hydrogen-bond acceptors (Lipinski definition) is 6. The molecule has 0 aliphatic carbocycles. The lowest BCUT2D eigenvalue weighted by molar-refractivity contribution is -0.127. The zero-order chi connectivity index (χ0) is 13.8. The summed E-state index contributed by atoms with van der Waals surface area (Å²) in [6, 6.07) is 0. The summed E-state index contributed by atoms with van der Waals surface area (Å²) in [5.74, 6) is 0.299. The van der Waals surface area contributed by atoms with E-state index in [4.69, 9.17) is 15.5 Å². The van der Waals surface area contributed by atoms with Crippen molar-refractivity contribution in [3.8, 4) is 0 Å². The van der Waals surface area contributed by atoms with Gasteiger partial charge in [0.2, 0.25) is 11.8 Å². The van der Waals surface area contributed by atoms with Crippen molar-refractivity contribution in [2.75, 3.05) is 0 Å². The average molecular weight is 255 g/mol. The molecule has 1 atom stereocenters. The molecule has 4 N–H and O–H groups in total. The molecule has 1 aromatic rings. The standard InChI is InChI=1S/C10H17N5O3/c1-4-10(3,8(11)14-17)9(16)12-5-7-13-6(2)15-18-7/h17H,4-5H2,1-3H3,(H2,11,14)(H,12,16). The van der Waals surface area contributed by atoms with E-state index in [0.717, 1.165) is 0 Å². The second kappa shape index (κ2) is 5.48. The number of oxime groups is 1. The lowest BCUT2D eigenvalue weighted by Gasteiger charge is -2.24. The number of amidine groups is 1. The van der Waals surface area contributed by atoms with Gasteiger partial charge in [-0.15, -0.1) is 0 Å². The van der Waals surface area contributed by atoms with E-state index in [2.05, 4.69) is 20.6 Å². The van der Waals surface area contributed by atoms with Crippen molar-refractivity contribution in [3.05, 3.63) is 11.7 Å². The molecule has 1 aromatic heterocycles. The largest absolute Gasteiger partial charge is 0.409 e. The van der Waals surface area contributed by atoms with Crippen LogP contribution < -0.4 is 11.1 Å². The van der Waals surface area contributed by atoms with E-state index in [0.29, 0.717) is 18.1 Å². The molecule has 1 heterocycles. The Morgan fingerprint density at radius 2 is 2.33 bits per heavy atom. The fraction of sp³-hybridized carbons (Fsp3) is 0.600. The van der Waals surface area contributed by atoms with Crippen LogP contribution in [-0.2, 0) is 11.3 Å². The Morgan fingerprint density at radius 3 is 2.78 bits per heavy atom. The third kappa shape index (κ3) is 2.76. The molecule has 0 fully saturated rings. The Hall–Kier alpha value is -2.12. The highest BCUT2D eigenvalue weighted by molar-refractivity contribution is 6.06. The van der Waals surface area contributed by atoms with Crippen LogP contribution in [0.15, 0.2) is 9.68 Å². The van der Waals surface area contributed by atoms with Gasteiger partial charge in [0, 0.05) is 0 Å². The molecule has 0 saturated heterocycles. The Bertz CT molecular complexity index is 456. The SMILES string of the molecule is CCC(C)(C(=O)NCc1nc(C)no1)C(N)=NO. The molecule has 18 heavy (non-hydrogen) atoms. The molecule has 1 unspecified atom stereocenters. The smallest absolute Gasteiger partial charge is 0.246 e. The predicted molar refractivity (Wildman–Crippen MR) is 62.7 cm³/mol. The van der Waals surface area contributed by atoms with E-state index in [1.165, 1.54) is 0 Å². The number of amides is 1. The topological polar surface area (TPSA) is 127 Å². The van der Waals surface area contributed by atoms with Gasteiger partial charge in [-0.3, -0.25) is 4.79 Å². The summed E-state index contributed by atoms with van der Waals surface area (Å²) >= 11 is 0. The fourth-order valence-corrected chi connectivity index (χ4v) is 1.33. The molecule has 100 valence electrons. The summed E-state index contributed by atoms with van der Waals surface area (Å²) in [5, 5.41) is 17.8. The van der Waals surface area contributed by atoms with Crippen molar-refractivity contribution < 1.29 is 14.5 Å². The highest BCUT2D eigenvalue weighted by Crippen LogP contribution is 2.21. The summed E-state index contributed by atoms with van der Waals surface area (Å²) < 4.78 is 4.86. The Morgan fingerprint density at radius 1 is 1.67 bits per heavy atom. The Kier molecular flexibility index (Phi) is 4.24. The molecular formula is C10H17N5O3. The number of nitrogens with zero attached hydrogens (tertiary/aromatic N) is 3. The fourth-order valence-electron chi connectivity index (χ4n) is 1.33. The van der Waals surface area contributed by atoms with Gasteiger partial charge in [-0.2, -0.15) is 4.98 Å². The minimum atomic E-state index is -1.07. The van der Waals surface area contributed by atoms with Crippen LogP contribution in [0.4, 0.5) is 0 Å². The van der Waals surface area contributed by atoms with Crippen LogP contribution in [0.25, 0.3) is 0 Å². The first-order valence-electron chi connectivity index (χ1n) is 5.49. The van der Waals surface area contributed by atoms with E-state index in [1.54, 1.807) is 20.8 Å². The molecule has 1 amide bonds. The van der Waals surface area contributed by atoms with Crippen LogP contribution >= 0.6 is 0 Å². The maximum absolute atomic E-state index is 12.0. The maximum atomic E-state index is 12.0. The van der Waals surface area contributed by atoms with E-state index in [-0.39, 0.29) is 18.3 Å². The average Bonchev–Trinajstić information content (AvgIpc) is 2.79. The maximum Gasteiger partial charge on any atom is 0.246 e. The zero-order valence-corrected chi connectivity index (χ0v) is 10.6. The minimum Gasteiger partial charge on any atom is -0.409 e. The molecule has 0 saturated carbocycles. The quantitative estimate of drug-likeness (QED) is 0.297. The third-order valence-electron chi connectivity index (χ3n) is 2.85. The zero-order valence-electron chi connectivity index (χ0n) is 10.6. The monoisotopic (exact) mass is 255 g/mol. The van der Waals surface area contributed by atoms with Gasteiger partial charge < -0.3 is 20.8 Å². The number of aromatic nitrogens is 2. The van der Waals surface area contributed by atoms with E-state index in [9.17, 15) is 4.79 Å². The van der Waals surface area contributed by atoms with Gasteiger partial charge in [0.15, 0.2) is 11.7 Å². The van der Waals surface area contributed by atoms with Crippen LogP contribution in [0.2, 0.25) is 0 Å². The normalized spacial score (nSPS) is 15.2. The molecule has 0 aliphatic rings. The van der Waals surface area contributed by atoms with Crippen molar-refractivity contribution in [2.24, 2.45) is 16.3 Å². The van der Waals surface area contributed by atoms with Crippen LogP contribution in [0.3, 0.4) is 0 Å². The number of rotatable bonds is 5. The first kappa shape index (κ1) is 13.9. The van der Waals surface area contributed by atoms with Gasteiger partial charge >= 0.3 is 0 Å². The molecule has 8 nitrogen and oxygen atoms in total. The summed E-state index contributed by atoms with van der Waals surface area (Å²) in [7, 11) is 0. The predicted octanol–water partition coefficient (Wildman–Crippen LogP) is 0.157. The number of aryl methyl sites for hydroxylation is 1. The lowest BCUT2D eigenvalue weighted by Crippen LogP contribution is -2.47. The van der Waals surface area contributed by atoms with E-state index in [1.807, 2.05) is 0 Å². The van der Waals surface area contributed by atoms with Gasteiger partial charge in [-0.05, 0) is 20.3 Å². The van der Waals surface area contributed by atoms with E-state index >= 15 is 0 Å². The number of nitrogens with one attached hydrogen (secondary N) is 1. The number of hydrogen-bond donors (Lipinski definition) is 3. The number of carbonyl (C=O) groups excluding carboxylic acids is 1. The molecule has 8 heteroatoms. The third-order valence-corrected chi connectivity index (χ3v) is 2.85. The summed E-state index contributed by atoms with van der Waals surface area (Å²) in [6.07, 6.45) is 0.400. The van der Waals surface area contributed by atoms with Crippen molar-refractivity contribution in [2.45, 2.75) is 33.7 Å². The number of carbonyl (C=O) groups is 1. The van der Waals surface area contributed by atoms with Gasteiger partial charge in [0.25, 0.3) is 0 Å². The van der Waals surface area contributed by atoms with Crippen LogP contribution in [0, 0.1) is 12.3 Å². The highest BCUT2D eigenvalue weighted by Gasteiger charge is 2.36. The van der Waals surface area contributed by atoms with Crippen molar-refractivity contribution in [3.63, 3.8) is 0 Å². The first-order valence-corrected chi connectivity index (χ1v) is 5.49. The summed E-state index contributed by atoms with van der Waals surface area (Å²) in [4.78, 5) is 16.0. The van der Waals surface area contributed by atoms with Crippen molar-refractivity contribution >= 4 is 11.7 Å². The van der Waals surface area contributed by atoms with Crippen LogP contribution in [0.5, 0.6) is 0 Å². The van der Waals surface area contributed by atoms with Crippen LogP contribution in [0.1, 0.15) is 32.0 Å². The van der Waals surface area contributed by atoms with Gasteiger partial charge in [0.1, 0.15) is 5.41 Å². The molecule has 0 aromatic carbocycles. The second-order valence-corrected chi connectivity index (χ2v) is 4.09. The van der Waals surface area contributed by atoms with Gasteiger partial charge in [0.05, 0.1) is 6.54 Å². The Balaban J connectivity index is 2.69. The molecule has 0 radical (unpaired) electrons. The van der Waals surface area contributed by atoms with Crippen molar-refractivity contribution in [1.82, 2.24) is 15.5 Å². The van der Waals surface area contributed by atoms with Crippen molar-refractivity contribution in [1.29, 1.82) is 0 Å². The summed E-state index contributed by atoms with van der Waals surface area (Å²) in [6.45, 7) is 5.15. The van der Waals surface area contributed by atoms with Gasteiger partial charge in [-0.1, -0.05) is 17.2 Å². The summed E-state index contributed by atoms with van der Waals surface area (Å²) in [5.41, 5.74) is 4.46. The highest BCUT2D eigenvalue weighted by atomic mass is 16.5. The first-order chi connectivity index (χ1) is 8.43. The molecule has 1 rings (SSSR count). The van der Waals surface area contributed by atoms with E-state index < -0.39 is 5.41 Å². The van der Waals surface area contributed by atoms with Gasteiger partial charge in [-0.25, -0.2) is 0 Å². The molecule has 0 bridgehead atoms. The lowest BCUT2D eigenvalue weighted by atomic mass is 9.85. The second-order valence-electron chi connectivity index (χ2n) is 4.09. The minimum absolute atomic E-state index is 0.105.